The summed E-state index contributed by atoms with van der Waals surface area (Å²) in [6.07, 6.45) is 1.44. The molecule has 35 heavy (non-hydrogen) atoms. The number of hydrogen-bond acceptors (Lipinski definition) is 5. The zero-order valence-electron chi connectivity index (χ0n) is 20.1. The Morgan fingerprint density at radius 2 is 1.51 bits per heavy atom. The normalized spacial score (nSPS) is 11.0. The van der Waals surface area contributed by atoms with Gasteiger partial charge in [-0.1, -0.05) is 36.4 Å². The average Bonchev–Trinajstić information content (AvgIpc) is 2.87. The van der Waals surface area contributed by atoms with Crippen molar-refractivity contribution < 1.29 is 22.7 Å². The quantitative estimate of drug-likeness (QED) is 0.354. The van der Waals surface area contributed by atoms with Crippen molar-refractivity contribution in [2.75, 3.05) is 30.6 Å². The lowest BCUT2D eigenvalue weighted by atomic mass is 10.1. The van der Waals surface area contributed by atoms with E-state index in [0.29, 0.717) is 37.6 Å². The lowest BCUT2D eigenvalue weighted by Gasteiger charge is -2.24. The first-order valence-corrected chi connectivity index (χ1v) is 13.2. The molecule has 0 atom stereocenters. The van der Waals surface area contributed by atoms with Gasteiger partial charge in [0.05, 0.1) is 23.8 Å². The van der Waals surface area contributed by atoms with Gasteiger partial charge in [0, 0.05) is 6.54 Å². The Morgan fingerprint density at radius 3 is 2.20 bits per heavy atom. The molecule has 0 unspecified atom stereocenters. The summed E-state index contributed by atoms with van der Waals surface area (Å²) in [6, 6.07) is 22.6. The number of hydrogen-bond donors (Lipinski definition) is 1. The summed E-state index contributed by atoms with van der Waals surface area (Å²) in [7, 11) is -3.94. The molecule has 0 spiro atoms. The number of para-hydroxylation sites is 1. The highest BCUT2D eigenvalue weighted by atomic mass is 32.2. The van der Waals surface area contributed by atoms with Crippen LogP contribution in [0.1, 0.15) is 25.8 Å². The number of nitrogens with one attached hydrogen (secondary N) is 1. The summed E-state index contributed by atoms with van der Waals surface area (Å²) >= 11 is 0. The number of anilines is 1. The number of rotatable bonds is 13. The van der Waals surface area contributed by atoms with Gasteiger partial charge in [-0.2, -0.15) is 0 Å². The zero-order valence-corrected chi connectivity index (χ0v) is 21.0. The molecule has 186 valence electrons. The molecule has 0 aromatic heterocycles. The SMILES string of the molecule is CCOc1ccc(N(CC(=O)NCCCc2ccccc2OCC)S(=O)(=O)c2ccccc2)cc1. The topological polar surface area (TPSA) is 84.9 Å². The van der Waals surface area contributed by atoms with E-state index in [1.807, 2.05) is 38.1 Å². The van der Waals surface area contributed by atoms with Gasteiger partial charge >= 0.3 is 0 Å². The fourth-order valence-electron chi connectivity index (χ4n) is 3.61. The molecule has 0 saturated heterocycles. The Kier molecular flexibility index (Phi) is 9.55. The second kappa shape index (κ2) is 12.8. The maximum absolute atomic E-state index is 13.4. The minimum absolute atomic E-state index is 0.120. The third-order valence-electron chi connectivity index (χ3n) is 5.27. The van der Waals surface area contributed by atoms with Crippen LogP contribution in [0, 0.1) is 0 Å². The zero-order chi connectivity index (χ0) is 25.1. The van der Waals surface area contributed by atoms with E-state index < -0.39 is 10.0 Å². The molecule has 3 aromatic carbocycles. The van der Waals surface area contributed by atoms with Gasteiger partial charge in [0.25, 0.3) is 10.0 Å². The van der Waals surface area contributed by atoms with Crippen molar-refractivity contribution in [2.24, 2.45) is 0 Å². The fourth-order valence-corrected chi connectivity index (χ4v) is 5.05. The lowest BCUT2D eigenvalue weighted by molar-refractivity contribution is -0.119. The van der Waals surface area contributed by atoms with Crippen molar-refractivity contribution in [2.45, 2.75) is 31.6 Å². The minimum Gasteiger partial charge on any atom is -0.494 e. The third-order valence-corrected chi connectivity index (χ3v) is 7.06. The molecular formula is C27H32N2O5S. The summed E-state index contributed by atoms with van der Waals surface area (Å²) in [4.78, 5) is 12.9. The summed E-state index contributed by atoms with van der Waals surface area (Å²) < 4.78 is 39.0. The van der Waals surface area contributed by atoms with Crippen LogP contribution < -0.4 is 19.1 Å². The van der Waals surface area contributed by atoms with E-state index in [9.17, 15) is 13.2 Å². The molecule has 7 nitrogen and oxygen atoms in total. The Morgan fingerprint density at radius 1 is 0.857 bits per heavy atom. The van der Waals surface area contributed by atoms with Gasteiger partial charge in [0.15, 0.2) is 0 Å². The van der Waals surface area contributed by atoms with Crippen LogP contribution in [0.5, 0.6) is 11.5 Å². The van der Waals surface area contributed by atoms with Crippen LogP contribution in [-0.2, 0) is 21.2 Å². The van der Waals surface area contributed by atoms with Crippen LogP contribution in [0.4, 0.5) is 5.69 Å². The van der Waals surface area contributed by atoms with Gasteiger partial charge < -0.3 is 14.8 Å². The molecule has 0 heterocycles. The number of carbonyl (C=O) groups excluding carboxylic acids is 1. The third kappa shape index (κ3) is 7.23. The standard InChI is InChI=1S/C27H32N2O5S/c1-3-33-24-18-16-23(17-19-24)29(35(31,32)25-13-6-5-7-14-25)21-27(30)28-20-10-12-22-11-8-9-15-26(22)34-4-2/h5-9,11,13-19H,3-4,10,12,20-21H2,1-2H3,(H,28,30). The highest BCUT2D eigenvalue weighted by molar-refractivity contribution is 7.92. The van der Waals surface area contributed by atoms with Gasteiger partial charge in [0.2, 0.25) is 5.91 Å². The summed E-state index contributed by atoms with van der Waals surface area (Å²) in [5.74, 6) is 1.10. The van der Waals surface area contributed by atoms with Gasteiger partial charge in [0.1, 0.15) is 18.0 Å². The highest BCUT2D eigenvalue weighted by Crippen LogP contribution is 2.26. The lowest BCUT2D eigenvalue weighted by Crippen LogP contribution is -2.41. The molecule has 0 aliphatic heterocycles. The molecule has 0 bridgehead atoms. The monoisotopic (exact) mass is 496 g/mol. The van der Waals surface area contributed by atoms with E-state index in [-0.39, 0.29) is 17.3 Å². The van der Waals surface area contributed by atoms with E-state index >= 15 is 0 Å². The number of carbonyl (C=O) groups is 1. The number of benzene rings is 3. The van der Waals surface area contributed by atoms with Gasteiger partial charge in [-0.05, 0) is 74.7 Å². The maximum Gasteiger partial charge on any atom is 0.264 e. The Labute approximate surface area is 207 Å². The van der Waals surface area contributed by atoms with Gasteiger partial charge in [-0.3, -0.25) is 9.10 Å². The number of nitrogens with zero attached hydrogens (tertiary/aromatic N) is 1. The first-order chi connectivity index (χ1) is 17.0. The molecule has 3 aromatic rings. The first-order valence-electron chi connectivity index (χ1n) is 11.7. The number of ether oxygens (including phenoxy) is 2. The molecule has 1 amide bonds. The molecular weight excluding hydrogens is 464 g/mol. The molecule has 0 aliphatic carbocycles. The average molecular weight is 497 g/mol. The number of amides is 1. The van der Waals surface area contributed by atoms with Crippen LogP contribution in [0.15, 0.2) is 83.8 Å². The fraction of sp³-hybridized carbons (Fsp3) is 0.296. The predicted molar refractivity (Wildman–Crippen MR) is 138 cm³/mol. The van der Waals surface area contributed by atoms with Crippen molar-refractivity contribution in [1.29, 1.82) is 0 Å². The summed E-state index contributed by atoms with van der Waals surface area (Å²) in [5.41, 5.74) is 1.46. The van der Waals surface area contributed by atoms with E-state index in [0.717, 1.165) is 22.0 Å². The minimum atomic E-state index is -3.94. The molecule has 1 N–H and O–H groups in total. The van der Waals surface area contributed by atoms with Crippen molar-refractivity contribution >= 4 is 21.6 Å². The summed E-state index contributed by atoms with van der Waals surface area (Å²) in [5, 5.41) is 2.85. The van der Waals surface area contributed by atoms with Crippen molar-refractivity contribution in [3.05, 3.63) is 84.4 Å². The molecule has 8 heteroatoms. The van der Waals surface area contributed by atoms with E-state index in [1.165, 1.54) is 12.1 Å². The van der Waals surface area contributed by atoms with Crippen LogP contribution in [0.3, 0.4) is 0 Å². The maximum atomic E-state index is 13.4. The van der Waals surface area contributed by atoms with Crippen LogP contribution >= 0.6 is 0 Å². The van der Waals surface area contributed by atoms with Crippen molar-refractivity contribution in [1.82, 2.24) is 5.32 Å². The highest BCUT2D eigenvalue weighted by Gasteiger charge is 2.27. The predicted octanol–water partition coefficient (Wildman–Crippen LogP) is 4.43. The van der Waals surface area contributed by atoms with Gasteiger partial charge in [-0.15, -0.1) is 0 Å². The van der Waals surface area contributed by atoms with Crippen LogP contribution in [0.25, 0.3) is 0 Å². The molecule has 0 fully saturated rings. The second-order valence-corrected chi connectivity index (χ2v) is 9.61. The molecule has 0 aliphatic rings. The number of sulfonamides is 1. The first kappa shape index (κ1) is 26.1. The Balaban J connectivity index is 1.68. The van der Waals surface area contributed by atoms with Crippen LogP contribution in [0.2, 0.25) is 0 Å². The van der Waals surface area contributed by atoms with Crippen molar-refractivity contribution in [3.63, 3.8) is 0 Å². The molecule has 0 radical (unpaired) electrons. The molecule has 3 rings (SSSR count). The largest absolute Gasteiger partial charge is 0.494 e. The van der Waals surface area contributed by atoms with Gasteiger partial charge in [-0.25, -0.2) is 8.42 Å². The Bertz CT molecular complexity index is 1180. The number of aryl methyl sites for hydroxylation is 1. The van der Waals surface area contributed by atoms with E-state index in [4.69, 9.17) is 9.47 Å². The second-order valence-electron chi connectivity index (χ2n) is 7.75. The smallest absolute Gasteiger partial charge is 0.264 e. The Hall–Kier alpha value is -3.52. The molecule has 0 saturated carbocycles. The van der Waals surface area contributed by atoms with Crippen LogP contribution in [-0.4, -0.2) is 40.6 Å². The van der Waals surface area contributed by atoms with E-state index in [1.54, 1.807) is 42.5 Å². The van der Waals surface area contributed by atoms with Crippen molar-refractivity contribution in [3.8, 4) is 11.5 Å². The summed E-state index contributed by atoms with van der Waals surface area (Å²) in [6.45, 7) is 4.99. The van der Waals surface area contributed by atoms with E-state index in [2.05, 4.69) is 5.32 Å².